The van der Waals surface area contributed by atoms with Gasteiger partial charge in [-0.1, -0.05) is 30.3 Å². The number of anilines is 2. The topological polar surface area (TPSA) is 209 Å². The fraction of sp³-hybridized carbons (Fsp3) is 0.240. The van der Waals surface area contributed by atoms with E-state index in [0.717, 1.165) is 21.5 Å². The van der Waals surface area contributed by atoms with Crippen LogP contribution in [0, 0.1) is 0 Å². The molecule has 1 aliphatic rings. The first-order valence-corrected chi connectivity index (χ1v) is 16.4. The van der Waals surface area contributed by atoms with Crippen LogP contribution in [0.5, 0.6) is 0 Å². The lowest BCUT2D eigenvalue weighted by atomic mass is 10.0. The molecule has 17 heteroatoms. The maximum atomic E-state index is 12.0. The number of ether oxygens (including phenoxy) is 1. The maximum absolute atomic E-state index is 12.0. The second-order valence-corrected chi connectivity index (χ2v) is 14.2. The Balaban J connectivity index is 1.26. The number of hydrogen-bond acceptors (Lipinski definition) is 10. The van der Waals surface area contributed by atoms with Crippen molar-refractivity contribution in [3.05, 3.63) is 66.2 Å². The van der Waals surface area contributed by atoms with Gasteiger partial charge in [0.25, 0.3) is 0 Å². The van der Waals surface area contributed by atoms with Crippen LogP contribution >= 0.6 is 26.8 Å². The number of nitrogens with zero attached hydrogens (tertiary/aromatic N) is 4. The van der Waals surface area contributed by atoms with Gasteiger partial charge in [-0.05, 0) is 57.4 Å². The van der Waals surface area contributed by atoms with Crippen LogP contribution in [0.2, 0.25) is 5.28 Å². The van der Waals surface area contributed by atoms with E-state index in [2.05, 4.69) is 32.4 Å². The van der Waals surface area contributed by atoms with Gasteiger partial charge in [0.2, 0.25) is 5.28 Å². The average Bonchev–Trinajstić information content (AvgIpc) is 3.45. The van der Waals surface area contributed by atoms with Crippen LogP contribution in [0.25, 0.3) is 32.7 Å². The van der Waals surface area contributed by atoms with Gasteiger partial charge in [0.15, 0.2) is 29.1 Å². The van der Waals surface area contributed by atoms with Crippen molar-refractivity contribution in [1.82, 2.24) is 19.5 Å². The van der Waals surface area contributed by atoms with Crippen molar-refractivity contribution in [3.63, 3.8) is 0 Å². The first-order valence-electron chi connectivity index (χ1n) is 12.5. The summed E-state index contributed by atoms with van der Waals surface area (Å²) < 4.78 is 34.9. The Morgan fingerprint density at radius 1 is 0.952 bits per heavy atom. The highest BCUT2D eigenvalue weighted by Crippen LogP contribution is 2.55. The highest BCUT2D eigenvalue weighted by atomic mass is 35.5. The van der Waals surface area contributed by atoms with Gasteiger partial charge in [-0.15, -0.1) is 0 Å². The zero-order chi connectivity index (χ0) is 29.8. The molecule has 0 radical (unpaired) electrons. The van der Waals surface area contributed by atoms with Crippen molar-refractivity contribution in [1.29, 1.82) is 0 Å². The zero-order valence-corrected chi connectivity index (χ0v) is 24.0. The SMILES string of the molecule is O=P(O)(O)CP(=O)(O)OC[C@H]1O[C@@H](n2cnc3c(Nc4ccc5cc6ccccc6cc5c4)nc(Cl)nc32)[C@@H](O)C1O. The number of benzene rings is 3. The van der Waals surface area contributed by atoms with E-state index in [-0.39, 0.29) is 22.3 Å². The molecular weight excluding hydrogens is 612 g/mol. The molecule has 1 fully saturated rings. The molecule has 2 aromatic heterocycles. The van der Waals surface area contributed by atoms with Gasteiger partial charge >= 0.3 is 15.2 Å². The molecule has 5 aromatic rings. The number of aliphatic hydroxyl groups excluding tert-OH is 2. The predicted octanol–water partition coefficient (Wildman–Crippen LogP) is 3.49. The predicted molar refractivity (Wildman–Crippen MR) is 154 cm³/mol. The molecule has 220 valence electrons. The van der Waals surface area contributed by atoms with E-state index < -0.39 is 52.2 Å². The molecule has 14 nitrogen and oxygen atoms in total. The first-order chi connectivity index (χ1) is 19.9. The Bertz CT molecular complexity index is 1920. The number of aromatic nitrogens is 4. The second-order valence-electron chi connectivity index (χ2n) is 9.84. The molecule has 5 atom stereocenters. The molecule has 0 spiro atoms. The van der Waals surface area contributed by atoms with E-state index in [0.29, 0.717) is 5.69 Å². The standard InChI is InChI=1S/C25H24ClN5O9P2/c26-25-29-22(28-17-6-5-15-7-13-3-1-2-4-14(13)8-16(15)9-17)19-23(30-25)31(11-27-19)24-21(33)20(32)18(40-24)10-39-42(37,38)12-41(34,35)36/h1-9,11,18,20-21,24,32-33H,10,12H2,(H,37,38)(H,28,29,30)(H2,34,35,36)/t18-,20?,21+,24-/m1/s1. The molecule has 6 N–H and O–H groups in total. The molecule has 2 unspecified atom stereocenters. The number of imidazole rings is 1. The molecule has 0 amide bonds. The Kier molecular flexibility index (Phi) is 7.57. The summed E-state index contributed by atoms with van der Waals surface area (Å²) in [4.78, 5) is 40.5. The molecule has 42 heavy (non-hydrogen) atoms. The van der Waals surface area contributed by atoms with E-state index in [1.165, 1.54) is 10.9 Å². The van der Waals surface area contributed by atoms with Gasteiger partial charge in [0, 0.05) is 5.69 Å². The average molecular weight is 636 g/mol. The van der Waals surface area contributed by atoms with Gasteiger partial charge in [0.1, 0.15) is 18.3 Å². The molecule has 6 rings (SSSR count). The minimum Gasteiger partial charge on any atom is -0.387 e. The summed E-state index contributed by atoms with van der Waals surface area (Å²) in [5.74, 6) is -1.13. The molecule has 1 saturated heterocycles. The largest absolute Gasteiger partial charge is 0.387 e. The van der Waals surface area contributed by atoms with Gasteiger partial charge in [-0.25, -0.2) is 4.98 Å². The van der Waals surface area contributed by atoms with Crippen molar-refractivity contribution in [2.24, 2.45) is 0 Å². The van der Waals surface area contributed by atoms with Crippen molar-refractivity contribution >= 4 is 71.0 Å². The number of fused-ring (bicyclic) bond motifs is 3. The highest BCUT2D eigenvalue weighted by Gasteiger charge is 2.45. The summed E-state index contributed by atoms with van der Waals surface area (Å²) in [6.07, 6.45) is -4.39. The fourth-order valence-electron chi connectivity index (χ4n) is 4.88. The van der Waals surface area contributed by atoms with Gasteiger partial charge in [0.05, 0.1) is 12.9 Å². The lowest BCUT2D eigenvalue weighted by Crippen LogP contribution is -2.33. The maximum Gasteiger partial charge on any atom is 0.340 e. The second kappa shape index (κ2) is 10.9. The van der Waals surface area contributed by atoms with Crippen LogP contribution in [0.1, 0.15) is 6.23 Å². The number of nitrogens with one attached hydrogen (secondary N) is 1. The third-order valence-electron chi connectivity index (χ3n) is 6.78. The third kappa shape index (κ3) is 5.92. The Morgan fingerprint density at radius 3 is 2.36 bits per heavy atom. The molecule has 0 aliphatic carbocycles. The van der Waals surface area contributed by atoms with Crippen molar-refractivity contribution in [2.45, 2.75) is 24.5 Å². The number of hydrogen-bond donors (Lipinski definition) is 6. The summed E-state index contributed by atoms with van der Waals surface area (Å²) >= 11 is 6.23. The summed E-state index contributed by atoms with van der Waals surface area (Å²) in [5.41, 5.74) is 1.15. The van der Waals surface area contributed by atoms with Crippen molar-refractivity contribution in [2.75, 3.05) is 17.8 Å². The van der Waals surface area contributed by atoms with Crippen molar-refractivity contribution in [3.8, 4) is 0 Å². The summed E-state index contributed by atoms with van der Waals surface area (Å²) in [6.45, 7) is -0.727. The minimum atomic E-state index is -4.85. The summed E-state index contributed by atoms with van der Waals surface area (Å²) in [7, 11) is -9.56. The fourth-order valence-corrected chi connectivity index (χ4v) is 7.61. The van der Waals surface area contributed by atoms with E-state index in [9.17, 15) is 24.2 Å². The Hall–Kier alpha value is -3.00. The monoisotopic (exact) mass is 635 g/mol. The normalized spacial score (nSPS) is 22.6. The zero-order valence-electron chi connectivity index (χ0n) is 21.4. The lowest BCUT2D eigenvalue weighted by molar-refractivity contribution is -0.0483. The molecular formula is C25H24ClN5O9P2. The van der Waals surface area contributed by atoms with Gasteiger partial charge in [-0.3, -0.25) is 13.7 Å². The molecule has 3 heterocycles. The number of aliphatic hydroxyl groups is 2. The van der Waals surface area contributed by atoms with E-state index in [1.807, 2.05) is 42.5 Å². The number of rotatable bonds is 8. The molecule has 0 bridgehead atoms. The highest BCUT2D eigenvalue weighted by molar-refractivity contribution is 7.70. The van der Waals surface area contributed by atoms with Crippen LogP contribution in [-0.2, 0) is 18.4 Å². The van der Waals surface area contributed by atoms with Crippen LogP contribution in [-0.4, -0.2) is 75.2 Å². The van der Waals surface area contributed by atoms with Gasteiger partial charge in [-0.2, -0.15) is 9.97 Å². The summed E-state index contributed by atoms with van der Waals surface area (Å²) in [5, 5.41) is 28.5. The van der Waals surface area contributed by atoms with Crippen molar-refractivity contribution < 1.29 is 43.3 Å². The summed E-state index contributed by atoms with van der Waals surface area (Å²) in [6, 6.07) is 18.0. The van der Waals surface area contributed by atoms with Crippen LogP contribution in [0.4, 0.5) is 11.5 Å². The van der Waals surface area contributed by atoms with Crippen LogP contribution in [0.3, 0.4) is 0 Å². The minimum absolute atomic E-state index is 0.134. The molecule has 1 aliphatic heterocycles. The van der Waals surface area contributed by atoms with Crippen LogP contribution < -0.4 is 5.32 Å². The van der Waals surface area contributed by atoms with Gasteiger partial charge < -0.3 is 39.5 Å². The quantitative estimate of drug-likeness (QED) is 0.0820. The lowest BCUT2D eigenvalue weighted by Gasteiger charge is -2.18. The van der Waals surface area contributed by atoms with Crippen LogP contribution in [0.15, 0.2) is 60.9 Å². The van der Waals surface area contributed by atoms with E-state index in [4.69, 9.17) is 30.6 Å². The Morgan fingerprint density at radius 2 is 1.64 bits per heavy atom. The molecule has 3 aromatic carbocycles. The smallest absolute Gasteiger partial charge is 0.340 e. The first kappa shape index (κ1) is 29.1. The third-order valence-corrected chi connectivity index (χ3v) is 10.4. The van der Waals surface area contributed by atoms with E-state index >= 15 is 0 Å². The Labute approximate surface area is 242 Å². The number of halogens is 1. The van der Waals surface area contributed by atoms with E-state index in [1.54, 1.807) is 0 Å². The molecule has 0 saturated carbocycles.